The highest BCUT2D eigenvalue weighted by Crippen LogP contribution is 2.39. The van der Waals surface area contributed by atoms with Gasteiger partial charge in [-0.15, -0.1) is 0 Å². The normalized spacial score (nSPS) is 22.1. The fourth-order valence-corrected chi connectivity index (χ4v) is 5.77. The van der Waals surface area contributed by atoms with Crippen molar-refractivity contribution in [1.29, 1.82) is 0 Å². The van der Waals surface area contributed by atoms with Gasteiger partial charge in [-0.05, 0) is 62.6 Å². The number of nitrogens with one attached hydrogen (secondary N) is 1. The van der Waals surface area contributed by atoms with Gasteiger partial charge in [-0.1, -0.05) is 11.6 Å². The molecule has 2 aliphatic heterocycles. The van der Waals surface area contributed by atoms with Crippen LogP contribution in [0.4, 0.5) is 13.2 Å². The molecular formula is C21H28ClF3N2O4S. The van der Waals surface area contributed by atoms with Gasteiger partial charge in [0.15, 0.2) is 0 Å². The van der Waals surface area contributed by atoms with Crippen LogP contribution in [-0.2, 0) is 20.9 Å². The van der Waals surface area contributed by atoms with Crippen LogP contribution in [-0.4, -0.2) is 56.7 Å². The van der Waals surface area contributed by atoms with Gasteiger partial charge in [0, 0.05) is 26.2 Å². The lowest BCUT2D eigenvalue weighted by molar-refractivity contribution is -0.137. The lowest BCUT2D eigenvalue weighted by Crippen LogP contribution is -2.49. The van der Waals surface area contributed by atoms with Gasteiger partial charge in [0.2, 0.25) is 10.0 Å². The van der Waals surface area contributed by atoms with Gasteiger partial charge < -0.3 is 10.1 Å². The molecule has 0 spiro atoms. The summed E-state index contributed by atoms with van der Waals surface area (Å²) in [6.07, 6.45) is -0.802. The summed E-state index contributed by atoms with van der Waals surface area (Å²) in [6.45, 7) is 3.28. The molecule has 1 aromatic rings. The molecule has 2 saturated heterocycles. The quantitative estimate of drug-likeness (QED) is 0.617. The molecule has 2 aliphatic rings. The monoisotopic (exact) mass is 496 g/mol. The number of carbonyl (C=O) groups is 1. The number of sulfonamides is 1. The smallest absolute Gasteiger partial charge is 0.378 e. The Morgan fingerprint density at radius 2 is 2.00 bits per heavy atom. The summed E-state index contributed by atoms with van der Waals surface area (Å²) in [5, 5.41) is 2.55. The van der Waals surface area contributed by atoms with Crippen molar-refractivity contribution >= 4 is 27.5 Å². The van der Waals surface area contributed by atoms with Gasteiger partial charge in [-0.3, -0.25) is 4.79 Å². The van der Waals surface area contributed by atoms with E-state index >= 15 is 0 Å². The van der Waals surface area contributed by atoms with Gasteiger partial charge in [0.25, 0.3) is 5.91 Å². The van der Waals surface area contributed by atoms with Crippen LogP contribution in [0.3, 0.4) is 0 Å². The average Bonchev–Trinajstić information content (AvgIpc) is 3.24. The summed E-state index contributed by atoms with van der Waals surface area (Å²) in [5.41, 5.74) is -1.31. The largest absolute Gasteiger partial charge is 0.416 e. The predicted octanol–water partition coefficient (Wildman–Crippen LogP) is 4.09. The van der Waals surface area contributed by atoms with Crippen molar-refractivity contribution in [1.82, 2.24) is 9.62 Å². The standard InChI is InChI=1S/C21H28ClF3N2O4S/c1-2-32(29,30)27-9-7-20(8-10-27,13-16-4-3-11-31-16)14-26-19(28)17-6-5-15(12-18(17)22)21(23,24)25/h5-6,12,16H,2-4,7-11,13-14H2,1H3,(H,26,28). The Morgan fingerprint density at radius 3 is 2.53 bits per heavy atom. The number of hydrogen-bond donors (Lipinski definition) is 1. The Balaban J connectivity index is 1.71. The Bertz CT molecular complexity index is 925. The topological polar surface area (TPSA) is 75.7 Å². The summed E-state index contributed by atoms with van der Waals surface area (Å²) < 4.78 is 70.3. The van der Waals surface area contributed by atoms with E-state index in [4.69, 9.17) is 16.3 Å². The molecule has 0 bridgehead atoms. The third-order valence-electron chi connectivity index (χ3n) is 6.39. The van der Waals surface area contributed by atoms with Gasteiger partial charge in [-0.2, -0.15) is 13.2 Å². The fraction of sp³-hybridized carbons (Fsp3) is 0.667. The number of amides is 1. The van der Waals surface area contributed by atoms with E-state index in [0.29, 0.717) is 39.0 Å². The van der Waals surface area contributed by atoms with Crippen molar-refractivity contribution < 1.29 is 31.1 Å². The van der Waals surface area contributed by atoms with Crippen molar-refractivity contribution in [3.63, 3.8) is 0 Å². The van der Waals surface area contributed by atoms with E-state index in [-0.39, 0.29) is 34.4 Å². The van der Waals surface area contributed by atoms with E-state index in [2.05, 4.69) is 5.32 Å². The van der Waals surface area contributed by atoms with Crippen molar-refractivity contribution in [3.05, 3.63) is 34.3 Å². The molecule has 6 nitrogen and oxygen atoms in total. The van der Waals surface area contributed by atoms with Crippen LogP contribution in [0.5, 0.6) is 0 Å². The Kier molecular flexibility index (Phi) is 7.79. The highest BCUT2D eigenvalue weighted by molar-refractivity contribution is 7.89. The average molecular weight is 497 g/mol. The molecule has 32 heavy (non-hydrogen) atoms. The summed E-state index contributed by atoms with van der Waals surface area (Å²) in [4.78, 5) is 12.7. The molecule has 0 saturated carbocycles. The molecule has 1 atom stereocenters. The number of benzene rings is 1. The second-order valence-corrected chi connectivity index (χ2v) is 11.2. The molecule has 0 aromatic heterocycles. The van der Waals surface area contributed by atoms with Crippen molar-refractivity contribution in [2.75, 3.05) is 32.0 Å². The summed E-state index contributed by atoms with van der Waals surface area (Å²) >= 11 is 5.96. The lowest BCUT2D eigenvalue weighted by atomic mass is 9.74. The van der Waals surface area contributed by atoms with Crippen LogP contribution >= 0.6 is 11.6 Å². The first-order valence-electron chi connectivity index (χ1n) is 10.7. The second-order valence-electron chi connectivity index (χ2n) is 8.51. The zero-order chi connectivity index (χ0) is 23.6. The molecule has 0 aliphatic carbocycles. The molecule has 1 amide bonds. The molecule has 2 heterocycles. The van der Waals surface area contributed by atoms with Crippen LogP contribution in [0, 0.1) is 5.41 Å². The van der Waals surface area contributed by atoms with Gasteiger partial charge >= 0.3 is 6.18 Å². The van der Waals surface area contributed by atoms with Crippen LogP contribution in [0.15, 0.2) is 18.2 Å². The number of carbonyl (C=O) groups excluding carboxylic acids is 1. The minimum Gasteiger partial charge on any atom is -0.378 e. The van der Waals surface area contributed by atoms with Gasteiger partial charge in [-0.25, -0.2) is 12.7 Å². The molecule has 11 heteroatoms. The van der Waals surface area contributed by atoms with E-state index in [9.17, 15) is 26.4 Å². The number of piperidine rings is 1. The highest BCUT2D eigenvalue weighted by atomic mass is 35.5. The minimum atomic E-state index is -4.54. The zero-order valence-corrected chi connectivity index (χ0v) is 19.5. The lowest BCUT2D eigenvalue weighted by Gasteiger charge is -2.42. The Labute approximate surface area is 191 Å². The van der Waals surface area contributed by atoms with Crippen LogP contribution in [0.1, 0.15) is 54.9 Å². The molecule has 1 unspecified atom stereocenters. The molecular weight excluding hydrogens is 469 g/mol. The first-order valence-corrected chi connectivity index (χ1v) is 12.7. The summed E-state index contributed by atoms with van der Waals surface area (Å²) in [7, 11) is -3.29. The predicted molar refractivity (Wildman–Crippen MR) is 115 cm³/mol. The third kappa shape index (κ3) is 5.95. The fourth-order valence-electron chi connectivity index (χ4n) is 4.40. The van der Waals surface area contributed by atoms with Crippen molar-refractivity contribution in [2.24, 2.45) is 5.41 Å². The molecule has 2 fully saturated rings. The van der Waals surface area contributed by atoms with Gasteiger partial charge in [0.1, 0.15) is 0 Å². The maximum atomic E-state index is 12.9. The molecule has 1 aromatic carbocycles. The molecule has 3 rings (SSSR count). The number of alkyl halides is 3. The summed E-state index contributed by atoms with van der Waals surface area (Å²) in [5.74, 6) is -0.520. The molecule has 180 valence electrons. The van der Waals surface area contributed by atoms with Crippen LogP contribution in [0.2, 0.25) is 5.02 Å². The maximum absolute atomic E-state index is 12.9. The minimum absolute atomic E-state index is 0.0297. The first kappa shape index (κ1) is 25.3. The van der Waals surface area contributed by atoms with E-state index in [1.165, 1.54) is 4.31 Å². The Morgan fingerprint density at radius 1 is 1.31 bits per heavy atom. The molecule has 1 N–H and O–H groups in total. The van der Waals surface area contributed by atoms with Crippen molar-refractivity contribution in [2.45, 2.75) is 51.3 Å². The number of ether oxygens (including phenoxy) is 1. The van der Waals surface area contributed by atoms with E-state index in [1.54, 1.807) is 6.92 Å². The SMILES string of the molecule is CCS(=O)(=O)N1CCC(CNC(=O)c2ccc(C(F)(F)F)cc2Cl)(CC2CCCO2)CC1. The van der Waals surface area contributed by atoms with Gasteiger partial charge in [0.05, 0.1) is 28.0 Å². The van der Waals surface area contributed by atoms with Crippen LogP contribution < -0.4 is 5.32 Å². The zero-order valence-electron chi connectivity index (χ0n) is 17.9. The van der Waals surface area contributed by atoms with E-state index < -0.39 is 27.7 Å². The van der Waals surface area contributed by atoms with E-state index in [1.807, 2.05) is 0 Å². The van der Waals surface area contributed by atoms with Crippen LogP contribution in [0.25, 0.3) is 0 Å². The summed E-state index contributed by atoms with van der Waals surface area (Å²) in [6, 6.07) is 2.65. The number of halogens is 4. The second kappa shape index (κ2) is 9.87. The molecule has 0 radical (unpaired) electrons. The Hall–Kier alpha value is -1.36. The number of nitrogens with zero attached hydrogens (tertiary/aromatic N) is 1. The number of hydrogen-bond acceptors (Lipinski definition) is 4. The number of rotatable bonds is 7. The highest BCUT2D eigenvalue weighted by Gasteiger charge is 2.40. The first-order chi connectivity index (χ1) is 15.0. The van der Waals surface area contributed by atoms with E-state index in [0.717, 1.165) is 31.0 Å². The maximum Gasteiger partial charge on any atom is 0.416 e. The van der Waals surface area contributed by atoms with Crippen molar-refractivity contribution in [3.8, 4) is 0 Å². The third-order valence-corrected chi connectivity index (χ3v) is 8.59.